The zero-order valence-corrected chi connectivity index (χ0v) is 14.7. The van der Waals surface area contributed by atoms with Crippen LogP contribution in [0, 0.1) is 5.92 Å². The molecular formula is C21H21NO4. The highest BCUT2D eigenvalue weighted by Gasteiger charge is 2.45. The topological polar surface area (TPSA) is 55.8 Å². The Bertz CT molecular complexity index is 833. The predicted molar refractivity (Wildman–Crippen MR) is 95.5 cm³/mol. The molecule has 0 unspecified atom stereocenters. The van der Waals surface area contributed by atoms with Crippen molar-refractivity contribution in [1.82, 2.24) is 4.90 Å². The molecule has 0 aliphatic carbocycles. The van der Waals surface area contributed by atoms with Gasteiger partial charge in [0.25, 0.3) is 0 Å². The Balaban J connectivity index is 1.64. The molecule has 1 fully saturated rings. The van der Waals surface area contributed by atoms with E-state index in [1.165, 1.54) is 5.56 Å². The van der Waals surface area contributed by atoms with E-state index in [0.717, 1.165) is 17.5 Å². The number of fused-ring (bicyclic) bond motifs is 3. The Morgan fingerprint density at radius 1 is 1.15 bits per heavy atom. The largest absolute Gasteiger partial charge is 0.497 e. The van der Waals surface area contributed by atoms with Gasteiger partial charge in [0.1, 0.15) is 11.9 Å². The van der Waals surface area contributed by atoms with Crippen LogP contribution in [-0.4, -0.2) is 30.4 Å². The van der Waals surface area contributed by atoms with Gasteiger partial charge in [-0.25, -0.2) is 0 Å². The number of carbonyl (C=O) groups excluding carboxylic acids is 2. The molecule has 0 saturated carbocycles. The van der Waals surface area contributed by atoms with Gasteiger partial charge in [0.15, 0.2) is 0 Å². The molecule has 0 N–H and O–H groups in total. The number of nitrogens with zero attached hydrogens (tertiary/aromatic N) is 1. The Kier molecular flexibility index (Phi) is 4.37. The predicted octanol–water partition coefficient (Wildman–Crippen LogP) is 2.88. The van der Waals surface area contributed by atoms with Gasteiger partial charge >= 0.3 is 5.97 Å². The van der Waals surface area contributed by atoms with Gasteiger partial charge in [-0.3, -0.25) is 9.59 Å². The fraction of sp³-hybridized carbons (Fsp3) is 0.333. The van der Waals surface area contributed by atoms with E-state index in [-0.39, 0.29) is 18.3 Å². The lowest BCUT2D eigenvalue weighted by Gasteiger charge is -2.23. The second kappa shape index (κ2) is 6.83. The fourth-order valence-corrected chi connectivity index (χ4v) is 3.78. The van der Waals surface area contributed by atoms with Gasteiger partial charge in [0.05, 0.1) is 19.4 Å². The molecule has 2 aliphatic rings. The molecular weight excluding hydrogens is 330 g/mol. The second-order valence-electron chi connectivity index (χ2n) is 6.78. The SMILES string of the molecule is COc1ccc2c(c1)[C@@H]1OC(=O)C[C@H]1C(=O)N(CCc1ccccc1)C2. The van der Waals surface area contributed by atoms with Crippen molar-refractivity contribution in [2.24, 2.45) is 5.92 Å². The number of esters is 1. The van der Waals surface area contributed by atoms with Crippen LogP contribution < -0.4 is 4.74 Å². The third-order valence-electron chi connectivity index (χ3n) is 5.17. The highest BCUT2D eigenvalue weighted by Crippen LogP contribution is 2.42. The summed E-state index contributed by atoms with van der Waals surface area (Å²) >= 11 is 0. The summed E-state index contributed by atoms with van der Waals surface area (Å²) in [4.78, 5) is 26.8. The third kappa shape index (κ3) is 3.05. The molecule has 134 valence electrons. The first-order valence-corrected chi connectivity index (χ1v) is 8.84. The lowest BCUT2D eigenvalue weighted by atomic mass is 9.93. The molecule has 0 spiro atoms. The van der Waals surface area contributed by atoms with Gasteiger partial charge in [-0.05, 0) is 29.7 Å². The van der Waals surface area contributed by atoms with Crippen LogP contribution in [0.5, 0.6) is 5.75 Å². The molecule has 1 amide bonds. The summed E-state index contributed by atoms with van der Waals surface area (Å²) in [5, 5.41) is 0. The van der Waals surface area contributed by atoms with E-state index in [9.17, 15) is 9.59 Å². The first-order chi connectivity index (χ1) is 12.7. The standard InChI is InChI=1S/C21H21NO4/c1-25-16-8-7-15-13-22(10-9-14-5-3-2-4-6-14)21(24)18-12-19(23)26-20(18)17(15)11-16/h2-8,11,18,20H,9-10,12-13H2,1H3/t18-,20+/m1/s1. The smallest absolute Gasteiger partial charge is 0.307 e. The monoisotopic (exact) mass is 351 g/mol. The molecule has 5 nitrogen and oxygen atoms in total. The quantitative estimate of drug-likeness (QED) is 0.795. The Labute approximate surface area is 152 Å². The minimum absolute atomic E-state index is 0.00746. The van der Waals surface area contributed by atoms with E-state index < -0.39 is 12.0 Å². The first kappa shape index (κ1) is 16.6. The maximum Gasteiger partial charge on any atom is 0.307 e. The van der Waals surface area contributed by atoms with E-state index in [4.69, 9.17) is 9.47 Å². The molecule has 0 aromatic heterocycles. The molecule has 26 heavy (non-hydrogen) atoms. The van der Waals surface area contributed by atoms with E-state index in [0.29, 0.717) is 18.8 Å². The number of carbonyl (C=O) groups is 2. The van der Waals surface area contributed by atoms with Crippen molar-refractivity contribution < 1.29 is 19.1 Å². The van der Waals surface area contributed by atoms with Crippen molar-refractivity contribution in [3.8, 4) is 5.75 Å². The number of hydrogen-bond acceptors (Lipinski definition) is 4. The summed E-state index contributed by atoms with van der Waals surface area (Å²) in [7, 11) is 1.61. The minimum Gasteiger partial charge on any atom is -0.497 e. The Morgan fingerprint density at radius 2 is 1.96 bits per heavy atom. The van der Waals surface area contributed by atoms with Gasteiger partial charge in [-0.2, -0.15) is 0 Å². The number of rotatable bonds is 4. The van der Waals surface area contributed by atoms with Crippen molar-refractivity contribution in [3.63, 3.8) is 0 Å². The molecule has 0 radical (unpaired) electrons. The normalized spacial score (nSPS) is 21.7. The molecule has 2 heterocycles. The number of methoxy groups -OCH3 is 1. The molecule has 2 aromatic carbocycles. The molecule has 5 heteroatoms. The van der Waals surface area contributed by atoms with Gasteiger partial charge < -0.3 is 14.4 Å². The summed E-state index contributed by atoms with van der Waals surface area (Å²) in [5.74, 6) is -0.0683. The first-order valence-electron chi connectivity index (χ1n) is 8.84. The van der Waals surface area contributed by atoms with Gasteiger partial charge in [0, 0.05) is 18.7 Å². The molecule has 1 saturated heterocycles. The van der Waals surface area contributed by atoms with Crippen LogP contribution in [0.2, 0.25) is 0 Å². The average molecular weight is 351 g/mol. The summed E-state index contributed by atoms with van der Waals surface area (Å²) in [6, 6.07) is 15.8. The highest BCUT2D eigenvalue weighted by atomic mass is 16.6. The van der Waals surface area contributed by atoms with Crippen LogP contribution in [-0.2, 0) is 27.3 Å². The number of amides is 1. The Hall–Kier alpha value is -2.82. The van der Waals surface area contributed by atoms with Gasteiger partial charge in [-0.1, -0.05) is 36.4 Å². The maximum atomic E-state index is 13.1. The van der Waals surface area contributed by atoms with Crippen LogP contribution in [0.25, 0.3) is 0 Å². The van der Waals surface area contributed by atoms with Crippen molar-refractivity contribution >= 4 is 11.9 Å². The summed E-state index contributed by atoms with van der Waals surface area (Å²) in [6.45, 7) is 1.14. The minimum atomic E-state index is -0.512. The van der Waals surface area contributed by atoms with Gasteiger partial charge in [0.2, 0.25) is 5.91 Å². The van der Waals surface area contributed by atoms with Crippen LogP contribution >= 0.6 is 0 Å². The van der Waals surface area contributed by atoms with E-state index in [1.54, 1.807) is 7.11 Å². The maximum absolute atomic E-state index is 13.1. The summed E-state index contributed by atoms with van der Waals surface area (Å²) in [6.07, 6.45) is 0.411. The van der Waals surface area contributed by atoms with Crippen LogP contribution in [0.15, 0.2) is 48.5 Å². The van der Waals surface area contributed by atoms with Crippen molar-refractivity contribution in [3.05, 3.63) is 65.2 Å². The number of hydrogen-bond donors (Lipinski definition) is 0. The van der Waals surface area contributed by atoms with E-state index >= 15 is 0 Å². The van der Waals surface area contributed by atoms with E-state index in [2.05, 4.69) is 12.1 Å². The van der Waals surface area contributed by atoms with Crippen LogP contribution in [0.3, 0.4) is 0 Å². The lowest BCUT2D eigenvalue weighted by molar-refractivity contribution is -0.142. The van der Waals surface area contributed by atoms with Crippen LogP contribution in [0.4, 0.5) is 0 Å². The summed E-state index contributed by atoms with van der Waals surface area (Å²) < 4.78 is 10.8. The van der Waals surface area contributed by atoms with Gasteiger partial charge in [-0.15, -0.1) is 0 Å². The lowest BCUT2D eigenvalue weighted by Crippen LogP contribution is -2.36. The molecule has 0 bridgehead atoms. The zero-order chi connectivity index (χ0) is 18.1. The molecule has 2 aromatic rings. The number of benzene rings is 2. The zero-order valence-electron chi connectivity index (χ0n) is 14.7. The number of ether oxygens (including phenoxy) is 2. The average Bonchev–Trinajstić information content (AvgIpc) is 3.02. The van der Waals surface area contributed by atoms with E-state index in [1.807, 2.05) is 41.3 Å². The second-order valence-corrected chi connectivity index (χ2v) is 6.78. The molecule has 2 atom stereocenters. The highest BCUT2D eigenvalue weighted by molar-refractivity contribution is 5.88. The van der Waals surface area contributed by atoms with Crippen molar-refractivity contribution in [2.45, 2.75) is 25.5 Å². The van der Waals surface area contributed by atoms with Crippen LogP contribution in [0.1, 0.15) is 29.2 Å². The summed E-state index contributed by atoms with van der Waals surface area (Å²) in [5.41, 5.74) is 3.08. The molecule has 2 aliphatic heterocycles. The fourth-order valence-electron chi connectivity index (χ4n) is 3.78. The third-order valence-corrected chi connectivity index (χ3v) is 5.17. The van der Waals surface area contributed by atoms with Crippen molar-refractivity contribution in [2.75, 3.05) is 13.7 Å². The van der Waals surface area contributed by atoms with Crippen molar-refractivity contribution in [1.29, 1.82) is 0 Å². The Morgan fingerprint density at radius 3 is 2.73 bits per heavy atom. The molecule has 4 rings (SSSR count).